The first kappa shape index (κ1) is 26.1. The highest BCUT2D eigenvalue weighted by atomic mass is 16.7. The average Bonchev–Trinajstić information content (AvgIpc) is 3.30. The van der Waals surface area contributed by atoms with Crippen LogP contribution in [-0.4, -0.2) is 16.3 Å². The summed E-state index contributed by atoms with van der Waals surface area (Å²) in [7, 11) is 0. The molecule has 0 spiro atoms. The van der Waals surface area contributed by atoms with Crippen LogP contribution in [0.1, 0.15) is 97.8 Å². The Hall–Kier alpha value is -2.10. The first-order valence-electron chi connectivity index (χ1n) is 15.6. The minimum absolute atomic E-state index is 0.385. The molecule has 4 heteroatoms. The van der Waals surface area contributed by atoms with Gasteiger partial charge in [-0.15, -0.1) is 0 Å². The summed E-state index contributed by atoms with van der Waals surface area (Å²) >= 11 is 0. The Morgan fingerprint density at radius 2 is 1.47 bits per heavy atom. The van der Waals surface area contributed by atoms with Gasteiger partial charge in [-0.05, 0) is 116 Å². The van der Waals surface area contributed by atoms with E-state index in [0.717, 1.165) is 42.4 Å². The average molecular weight is 517 g/mol. The van der Waals surface area contributed by atoms with E-state index in [4.69, 9.17) is 9.47 Å². The van der Waals surface area contributed by atoms with E-state index in [1.165, 1.54) is 64.2 Å². The van der Waals surface area contributed by atoms with Crippen LogP contribution in [0.5, 0.6) is 11.8 Å². The molecule has 0 bridgehead atoms. The van der Waals surface area contributed by atoms with Gasteiger partial charge in [0, 0.05) is 30.9 Å². The van der Waals surface area contributed by atoms with Crippen LogP contribution < -0.4 is 9.47 Å². The summed E-state index contributed by atoms with van der Waals surface area (Å²) in [6, 6.07) is 11.6. The van der Waals surface area contributed by atoms with Crippen LogP contribution in [0.15, 0.2) is 48.8 Å². The van der Waals surface area contributed by atoms with Crippen molar-refractivity contribution >= 4 is 0 Å². The van der Waals surface area contributed by atoms with Crippen molar-refractivity contribution in [3.63, 3.8) is 0 Å². The first-order valence-corrected chi connectivity index (χ1v) is 15.6. The van der Waals surface area contributed by atoms with Crippen molar-refractivity contribution in [2.75, 3.05) is 0 Å². The van der Waals surface area contributed by atoms with Crippen molar-refractivity contribution in [2.45, 2.75) is 104 Å². The fraction of sp³-hybridized carbons (Fsp3) is 0.706. The Morgan fingerprint density at radius 1 is 0.763 bits per heavy atom. The molecule has 0 aromatic carbocycles. The molecule has 4 aliphatic carbocycles. The van der Waals surface area contributed by atoms with Crippen molar-refractivity contribution in [1.82, 2.24) is 9.97 Å². The second-order valence-electron chi connectivity index (χ2n) is 13.7. The Morgan fingerprint density at radius 3 is 2.16 bits per heavy atom. The minimum atomic E-state index is -0.385. The van der Waals surface area contributed by atoms with Crippen LogP contribution in [0.2, 0.25) is 0 Å². The van der Waals surface area contributed by atoms with Gasteiger partial charge in [-0.2, -0.15) is 0 Å². The summed E-state index contributed by atoms with van der Waals surface area (Å²) in [6.07, 6.45) is 19.8. The van der Waals surface area contributed by atoms with Crippen molar-refractivity contribution in [3.8, 4) is 11.8 Å². The lowest BCUT2D eigenvalue weighted by Gasteiger charge is -2.61. The van der Waals surface area contributed by atoms with E-state index in [0.29, 0.717) is 28.5 Å². The van der Waals surface area contributed by atoms with Crippen LogP contribution in [0, 0.1) is 46.3 Å². The van der Waals surface area contributed by atoms with Gasteiger partial charge in [-0.3, -0.25) is 0 Å². The molecule has 4 fully saturated rings. The van der Waals surface area contributed by atoms with Gasteiger partial charge in [0.1, 0.15) is 0 Å². The molecule has 0 amide bonds. The Bertz CT molecular complexity index is 1010. The maximum absolute atomic E-state index is 6.22. The number of aromatic nitrogens is 2. The second kappa shape index (κ2) is 10.8. The zero-order chi connectivity index (χ0) is 26.2. The Kier molecular flexibility index (Phi) is 7.44. The highest BCUT2D eigenvalue weighted by molar-refractivity contribution is 5.12. The molecule has 38 heavy (non-hydrogen) atoms. The first-order chi connectivity index (χ1) is 18.5. The van der Waals surface area contributed by atoms with E-state index >= 15 is 0 Å². The zero-order valence-corrected chi connectivity index (χ0v) is 23.9. The van der Waals surface area contributed by atoms with Crippen molar-refractivity contribution in [2.24, 2.45) is 46.3 Å². The van der Waals surface area contributed by atoms with E-state index in [1.54, 1.807) is 12.4 Å². The van der Waals surface area contributed by atoms with E-state index in [1.807, 2.05) is 36.4 Å². The summed E-state index contributed by atoms with van der Waals surface area (Å²) in [5.74, 6) is 6.57. The number of hydrogen-bond donors (Lipinski definition) is 0. The van der Waals surface area contributed by atoms with Crippen molar-refractivity contribution < 1.29 is 9.47 Å². The molecule has 206 valence electrons. The second-order valence-corrected chi connectivity index (χ2v) is 13.7. The summed E-state index contributed by atoms with van der Waals surface area (Å²) in [5, 5.41) is 0. The van der Waals surface area contributed by atoms with E-state index < -0.39 is 0 Å². The van der Waals surface area contributed by atoms with Crippen LogP contribution >= 0.6 is 0 Å². The zero-order valence-electron chi connectivity index (χ0n) is 23.9. The predicted molar refractivity (Wildman–Crippen MR) is 152 cm³/mol. The maximum Gasteiger partial charge on any atom is 0.244 e. The van der Waals surface area contributed by atoms with Gasteiger partial charge >= 0.3 is 0 Å². The van der Waals surface area contributed by atoms with Crippen molar-refractivity contribution in [1.29, 1.82) is 0 Å². The molecule has 2 heterocycles. The molecule has 6 rings (SSSR count). The third-order valence-electron chi connectivity index (χ3n) is 12.0. The number of ether oxygens (including phenoxy) is 2. The normalized spacial score (nSPS) is 37.1. The van der Waals surface area contributed by atoms with Gasteiger partial charge in [-0.1, -0.05) is 45.7 Å². The van der Waals surface area contributed by atoms with Gasteiger partial charge in [-0.25, -0.2) is 9.97 Å². The fourth-order valence-electron chi connectivity index (χ4n) is 10.1. The number of nitrogens with zero attached hydrogens (tertiary/aromatic N) is 2. The largest absolute Gasteiger partial charge is 0.438 e. The van der Waals surface area contributed by atoms with Crippen LogP contribution in [-0.2, 0) is 0 Å². The summed E-state index contributed by atoms with van der Waals surface area (Å²) in [4.78, 5) is 8.76. The molecule has 0 radical (unpaired) electrons. The van der Waals surface area contributed by atoms with Gasteiger partial charge in [0.2, 0.25) is 18.1 Å². The lowest BCUT2D eigenvalue weighted by Crippen LogP contribution is -2.53. The Labute approximate surface area is 230 Å². The van der Waals surface area contributed by atoms with Crippen LogP contribution in [0.25, 0.3) is 0 Å². The molecule has 0 saturated heterocycles. The molecule has 4 saturated carbocycles. The molecule has 2 aromatic rings. The highest BCUT2D eigenvalue weighted by Crippen LogP contribution is 2.68. The summed E-state index contributed by atoms with van der Waals surface area (Å²) in [6.45, 7) is 7.89. The Balaban J connectivity index is 1.12. The van der Waals surface area contributed by atoms with E-state index in [2.05, 4.69) is 30.7 Å². The lowest BCUT2D eigenvalue weighted by atomic mass is 9.44. The molecule has 0 N–H and O–H groups in total. The fourth-order valence-corrected chi connectivity index (χ4v) is 10.1. The van der Waals surface area contributed by atoms with Gasteiger partial charge < -0.3 is 9.47 Å². The standard InChI is InChI=1S/C34H48N2O2/c1-24(13-18-32(37-30-11-5-8-22-35-30)38-31-12-6-9-23-36-31)27-16-17-28-26-15-14-25-10-4-7-20-33(25,2)29(26)19-21-34(27,28)3/h5-6,8-9,11-12,22-29,32H,4,7,10,13-21H2,1-3H3/t24-,25?,26+,27-,28+,29+,33+,34-/m1/s1. The van der Waals surface area contributed by atoms with E-state index in [9.17, 15) is 0 Å². The summed E-state index contributed by atoms with van der Waals surface area (Å²) < 4.78 is 12.4. The quantitative estimate of drug-likeness (QED) is 0.329. The van der Waals surface area contributed by atoms with Gasteiger partial charge in [0.05, 0.1) is 0 Å². The third-order valence-corrected chi connectivity index (χ3v) is 12.0. The highest BCUT2D eigenvalue weighted by Gasteiger charge is 2.60. The SMILES string of the molecule is C[C@H](CCC(Oc1ccccn1)Oc1ccccn1)[C@H]1CC[C@H]2[C@@H]3CCC4CCCC[C@]4(C)[C@H]3CC[C@]12C. The number of hydrogen-bond acceptors (Lipinski definition) is 4. The summed E-state index contributed by atoms with van der Waals surface area (Å²) in [5.41, 5.74) is 1.13. The number of fused-ring (bicyclic) bond motifs is 5. The predicted octanol–water partition coefficient (Wildman–Crippen LogP) is 8.73. The van der Waals surface area contributed by atoms with Gasteiger partial charge in [0.25, 0.3) is 0 Å². The lowest BCUT2D eigenvalue weighted by molar-refractivity contribution is -0.115. The van der Waals surface area contributed by atoms with Crippen LogP contribution in [0.4, 0.5) is 0 Å². The van der Waals surface area contributed by atoms with E-state index in [-0.39, 0.29) is 6.29 Å². The van der Waals surface area contributed by atoms with Crippen molar-refractivity contribution in [3.05, 3.63) is 48.8 Å². The molecular weight excluding hydrogens is 468 g/mol. The monoisotopic (exact) mass is 516 g/mol. The molecule has 8 atom stereocenters. The molecule has 2 aromatic heterocycles. The molecule has 0 aliphatic heterocycles. The number of rotatable bonds is 8. The number of pyridine rings is 2. The molecule has 4 nitrogen and oxygen atoms in total. The maximum atomic E-state index is 6.22. The topological polar surface area (TPSA) is 44.2 Å². The van der Waals surface area contributed by atoms with Crippen LogP contribution in [0.3, 0.4) is 0 Å². The minimum Gasteiger partial charge on any atom is -0.438 e. The smallest absolute Gasteiger partial charge is 0.244 e. The third kappa shape index (κ3) is 4.86. The van der Waals surface area contributed by atoms with Gasteiger partial charge in [0.15, 0.2) is 0 Å². The molecule has 4 aliphatic rings. The molecule has 1 unspecified atom stereocenters. The molecular formula is C34H48N2O2.